The van der Waals surface area contributed by atoms with Crippen molar-refractivity contribution in [1.82, 2.24) is 29.4 Å². The van der Waals surface area contributed by atoms with Gasteiger partial charge in [0.15, 0.2) is 11.5 Å². The molecule has 0 aromatic carbocycles. The van der Waals surface area contributed by atoms with Crippen molar-refractivity contribution in [3.05, 3.63) is 18.7 Å². The summed E-state index contributed by atoms with van der Waals surface area (Å²) in [7, 11) is 0. The van der Waals surface area contributed by atoms with Crippen LogP contribution in [0.3, 0.4) is 0 Å². The van der Waals surface area contributed by atoms with Gasteiger partial charge in [-0.05, 0) is 20.3 Å². The molecule has 0 saturated carbocycles. The maximum Gasteiger partial charge on any atom is 0.240 e. The molecule has 2 saturated heterocycles. The number of anilines is 1. The van der Waals surface area contributed by atoms with E-state index in [0.29, 0.717) is 11.9 Å². The van der Waals surface area contributed by atoms with Gasteiger partial charge in [-0.25, -0.2) is 4.98 Å². The Bertz CT molecular complexity index is 735. The first-order valence-corrected chi connectivity index (χ1v) is 8.58. The van der Waals surface area contributed by atoms with Crippen LogP contribution in [0.15, 0.2) is 18.7 Å². The molecular formula is C16H23N7O. The molecule has 128 valence electrons. The van der Waals surface area contributed by atoms with E-state index in [1.54, 1.807) is 12.5 Å². The van der Waals surface area contributed by atoms with Crippen molar-refractivity contribution >= 4 is 17.4 Å². The number of nitrogens with zero attached hydrogens (tertiary/aromatic N) is 7. The van der Waals surface area contributed by atoms with E-state index in [4.69, 9.17) is 0 Å². The van der Waals surface area contributed by atoms with E-state index in [2.05, 4.69) is 38.7 Å². The lowest BCUT2D eigenvalue weighted by atomic mass is 10.2. The van der Waals surface area contributed by atoms with Crippen molar-refractivity contribution in [3.8, 4) is 0 Å². The monoisotopic (exact) mass is 329 g/mol. The average molecular weight is 329 g/mol. The summed E-state index contributed by atoms with van der Waals surface area (Å²) in [6, 6.07) is 0.342. The summed E-state index contributed by atoms with van der Waals surface area (Å²) >= 11 is 0. The van der Waals surface area contributed by atoms with Gasteiger partial charge in [0, 0.05) is 38.8 Å². The van der Waals surface area contributed by atoms with Gasteiger partial charge in [0.2, 0.25) is 5.91 Å². The van der Waals surface area contributed by atoms with Crippen LogP contribution in [0.5, 0.6) is 0 Å². The summed E-state index contributed by atoms with van der Waals surface area (Å²) in [5.41, 5.74) is 0.758. The molecule has 0 N–H and O–H groups in total. The number of amides is 1. The maximum absolute atomic E-state index is 12.6. The number of piperazine rings is 1. The lowest BCUT2D eigenvalue weighted by molar-refractivity contribution is -0.133. The molecule has 8 nitrogen and oxygen atoms in total. The zero-order valence-electron chi connectivity index (χ0n) is 14.2. The van der Waals surface area contributed by atoms with Crippen molar-refractivity contribution in [1.29, 1.82) is 0 Å². The van der Waals surface area contributed by atoms with Crippen LogP contribution in [0.25, 0.3) is 5.65 Å². The first-order valence-electron chi connectivity index (χ1n) is 8.58. The molecule has 0 aliphatic carbocycles. The smallest absolute Gasteiger partial charge is 0.240 e. The number of fused-ring (bicyclic) bond motifs is 1. The van der Waals surface area contributed by atoms with E-state index in [0.717, 1.165) is 50.6 Å². The molecule has 1 amide bonds. The third-order valence-corrected chi connectivity index (χ3v) is 5.09. The fraction of sp³-hybridized carbons (Fsp3) is 0.625. The molecule has 0 bridgehead atoms. The van der Waals surface area contributed by atoms with Gasteiger partial charge in [-0.3, -0.25) is 14.7 Å². The second-order valence-electron chi connectivity index (χ2n) is 6.75. The minimum atomic E-state index is 0.0508. The summed E-state index contributed by atoms with van der Waals surface area (Å²) in [5, 5.41) is 4.28. The highest BCUT2D eigenvalue weighted by Crippen LogP contribution is 2.22. The molecule has 2 aromatic rings. The van der Waals surface area contributed by atoms with E-state index in [-0.39, 0.29) is 6.04 Å². The maximum atomic E-state index is 12.6. The number of likely N-dealkylation sites (tertiary alicyclic amines) is 1. The Morgan fingerprint density at radius 3 is 2.62 bits per heavy atom. The molecule has 0 radical (unpaired) electrons. The molecule has 2 fully saturated rings. The van der Waals surface area contributed by atoms with Crippen molar-refractivity contribution in [2.24, 2.45) is 0 Å². The minimum absolute atomic E-state index is 0.0508. The van der Waals surface area contributed by atoms with Gasteiger partial charge in [0.1, 0.15) is 6.33 Å². The Kier molecular flexibility index (Phi) is 3.84. The fourth-order valence-corrected chi connectivity index (χ4v) is 3.76. The standard InChI is InChI=1S/C16H23N7O/c1-12(2)22-4-3-13(16(22)24)20-5-7-21(8-6-20)15-10-17-9-14-18-11-19-23(14)15/h9-13H,3-8H2,1-2H3. The number of carbonyl (C=O) groups is 1. The molecule has 2 aliphatic rings. The van der Waals surface area contributed by atoms with Crippen molar-refractivity contribution in [2.45, 2.75) is 32.4 Å². The first-order chi connectivity index (χ1) is 11.6. The van der Waals surface area contributed by atoms with Crippen LogP contribution >= 0.6 is 0 Å². The van der Waals surface area contributed by atoms with Crippen LogP contribution in [-0.4, -0.2) is 80.1 Å². The van der Waals surface area contributed by atoms with Crippen molar-refractivity contribution in [2.75, 3.05) is 37.6 Å². The highest BCUT2D eigenvalue weighted by molar-refractivity contribution is 5.84. The SMILES string of the molecule is CC(C)N1CCC(N2CCN(c3cncc4ncnn34)CC2)C1=O. The number of rotatable bonds is 3. The summed E-state index contributed by atoms with van der Waals surface area (Å²) < 4.78 is 1.82. The lowest BCUT2D eigenvalue weighted by Gasteiger charge is -2.38. The van der Waals surface area contributed by atoms with E-state index in [1.165, 1.54) is 0 Å². The molecule has 4 heterocycles. The molecule has 0 spiro atoms. The Labute approximate surface area is 141 Å². The number of aromatic nitrogens is 4. The van der Waals surface area contributed by atoms with Crippen LogP contribution in [0.1, 0.15) is 20.3 Å². The Hall–Kier alpha value is -2.22. The highest BCUT2D eigenvalue weighted by Gasteiger charge is 2.38. The van der Waals surface area contributed by atoms with Gasteiger partial charge in [-0.1, -0.05) is 0 Å². The Balaban J connectivity index is 1.44. The minimum Gasteiger partial charge on any atom is -0.353 e. The molecule has 2 aliphatic heterocycles. The zero-order chi connectivity index (χ0) is 16.7. The van der Waals surface area contributed by atoms with E-state index in [9.17, 15) is 4.79 Å². The van der Waals surface area contributed by atoms with Crippen LogP contribution in [0.4, 0.5) is 5.82 Å². The normalized spacial score (nSPS) is 23.0. The highest BCUT2D eigenvalue weighted by atomic mass is 16.2. The van der Waals surface area contributed by atoms with Gasteiger partial charge in [0.25, 0.3) is 0 Å². The average Bonchev–Trinajstić information content (AvgIpc) is 3.21. The van der Waals surface area contributed by atoms with Crippen LogP contribution < -0.4 is 4.90 Å². The van der Waals surface area contributed by atoms with Crippen molar-refractivity contribution < 1.29 is 4.79 Å². The molecule has 1 atom stereocenters. The van der Waals surface area contributed by atoms with Crippen molar-refractivity contribution in [3.63, 3.8) is 0 Å². The molecule has 1 unspecified atom stereocenters. The van der Waals surface area contributed by atoms with Crippen LogP contribution in [-0.2, 0) is 4.79 Å². The molecular weight excluding hydrogens is 306 g/mol. The second-order valence-corrected chi connectivity index (χ2v) is 6.75. The van der Waals surface area contributed by atoms with E-state index in [1.807, 2.05) is 15.6 Å². The van der Waals surface area contributed by atoms with Gasteiger partial charge in [-0.2, -0.15) is 9.61 Å². The fourth-order valence-electron chi connectivity index (χ4n) is 3.76. The summed E-state index contributed by atoms with van der Waals surface area (Å²) in [6.07, 6.45) is 6.04. The molecule has 4 rings (SSSR count). The third kappa shape index (κ3) is 2.50. The number of carbonyl (C=O) groups excluding carboxylic acids is 1. The second kappa shape index (κ2) is 6.01. The van der Waals surface area contributed by atoms with Gasteiger partial charge >= 0.3 is 0 Å². The summed E-state index contributed by atoms with van der Waals surface area (Å²) in [6.45, 7) is 8.55. The zero-order valence-corrected chi connectivity index (χ0v) is 14.2. The Morgan fingerprint density at radius 1 is 1.12 bits per heavy atom. The predicted octanol–water partition coefficient (Wildman–Crippen LogP) is 0.256. The van der Waals surface area contributed by atoms with Crippen LogP contribution in [0, 0.1) is 0 Å². The topological polar surface area (TPSA) is 69.9 Å². The number of hydrogen-bond acceptors (Lipinski definition) is 6. The lowest BCUT2D eigenvalue weighted by Crippen LogP contribution is -2.53. The Morgan fingerprint density at radius 2 is 1.92 bits per heavy atom. The van der Waals surface area contributed by atoms with E-state index < -0.39 is 0 Å². The quantitative estimate of drug-likeness (QED) is 0.804. The number of hydrogen-bond donors (Lipinski definition) is 0. The van der Waals surface area contributed by atoms with Crippen LogP contribution in [0.2, 0.25) is 0 Å². The largest absolute Gasteiger partial charge is 0.353 e. The molecule has 8 heteroatoms. The summed E-state index contributed by atoms with van der Waals surface area (Å²) in [4.78, 5) is 27.6. The third-order valence-electron chi connectivity index (χ3n) is 5.09. The summed E-state index contributed by atoms with van der Waals surface area (Å²) in [5.74, 6) is 1.25. The first kappa shape index (κ1) is 15.3. The predicted molar refractivity (Wildman–Crippen MR) is 89.8 cm³/mol. The van der Waals surface area contributed by atoms with Gasteiger partial charge in [0.05, 0.1) is 18.4 Å². The van der Waals surface area contributed by atoms with E-state index >= 15 is 0 Å². The van der Waals surface area contributed by atoms with Gasteiger partial charge in [-0.15, -0.1) is 0 Å². The van der Waals surface area contributed by atoms with Gasteiger partial charge < -0.3 is 9.80 Å². The molecule has 24 heavy (non-hydrogen) atoms. The molecule has 2 aromatic heterocycles.